The van der Waals surface area contributed by atoms with E-state index in [4.69, 9.17) is 0 Å². The highest BCUT2D eigenvalue weighted by atomic mass is 16.3. The summed E-state index contributed by atoms with van der Waals surface area (Å²) in [7, 11) is 3.16. The van der Waals surface area contributed by atoms with Gasteiger partial charge in [-0.2, -0.15) is 0 Å². The zero-order valence-corrected chi connectivity index (χ0v) is 12.3. The summed E-state index contributed by atoms with van der Waals surface area (Å²) in [5.74, 6) is -0.590. The molecular weight excluding hydrogens is 272 g/mol. The number of nitrogens with zero attached hydrogens (tertiary/aromatic N) is 1. The van der Waals surface area contributed by atoms with Crippen molar-refractivity contribution in [3.8, 4) is 5.75 Å². The molecule has 0 spiro atoms. The zero-order chi connectivity index (χ0) is 15.9. The molecule has 6 heteroatoms. The maximum atomic E-state index is 12.0. The first-order chi connectivity index (χ1) is 9.73. The summed E-state index contributed by atoms with van der Waals surface area (Å²) in [6, 6.07) is 3.18. The summed E-state index contributed by atoms with van der Waals surface area (Å²) in [6.07, 6.45) is 0. The van der Waals surface area contributed by atoms with Gasteiger partial charge >= 0.3 is 0 Å². The molecule has 0 aliphatic rings. The number of rotatable bonds is 3. The van der Waals surface area contributed by atoms with Crippen LogP contribution in [-0.2, 0) is 0 Å². The molecule has 2 aromatic rings. The van der Waals surface area contributed by atoms with Gasteiger partial charge in [0.1, 0.15) is 0 Å². The molecule has 0 radical (unpaired) electrons. The smallest absolute Gasteiger partial charge is 0.257 e. The third kappa shape index (κ3) is 2.40. The minimum Gasteiger partial charge on any atom is -0.505 e. The van der Waals surface area contributed by atoms with Crippen molar-refractivity contribution in [3.63, 3.8) is 0 Å². The van der Waals surface area contributed by atoms with E-state index < -0.39 is 10.9 Å². The predicted octanol–water partition coefficient (Wildman–Crippen LogP) is 1.05. The predicted molar refractivity (Wildman–Crippen MR) is 80.2 cm³/mol. The van der Waals surface area contributed by atoms with Crippen molar-refractivity contribution in [2.75, 3.05) is 19.4 Å². The van der Waals surface area contributed by atoms with Crippen molar-refractivity contribution in [2.45, 2.75) is 13.8 Å². The SMILES string of the molecule is Cc1cc(Nc2c(C)c(=O)c2=O)c(O)c(C(=O)N(C)C)c1. The molecule has 0 fully saturated rings. The van der Waals surface area contributed by atoms with E-state index in [2.05, 4.69) is 5.32 Å². The summed E-state index contributed by atoms with van der Waals surface area (Å²) in [4.78, 5) is 36.1. The largest absolute Gasteiger partial charge is 0.505 e. The minimum absolute atomic E-state index is 0.138. The highest BCUT2D eigenvalue weighted by molar-refractivity contribution is 5.99. The van der Waals surface area contributed by atoms with E-state index in [-0.39, 0.29) is 28.6 Å². The Morgan fingerprint density at radius 3 is 2.29 bits per heavy atom. The van der Waals surface area contributed by atoms with Crippen LogP contribution in [0.3, 0.4) is 0 Å². The van der Waals surface area contributed by atoms with Crippen LogP contribution in [0.15, 0.2) is 21.7 Å². The van der Waals surface area contributed by atoms with Gasteiger partial charge in [0, 0.05) is 19.7 Å². The van der Waals surface area contributed by atoms with Crippen molar-refractivity contribution >= 4 is 17.3 Å². The average molecular weight is 288 g/mol. The number of carbonyl (C=O) groups excluding carboxylic acids is 1. The summed E-state index contributed by atoms with van der Waals surface area (Å²) >= 11 is 0. The van der Waals surface area contributed by atoms with Gasteiger partial charge in [0.25, 0.3) is 5.91 Å². The lowest BCUT2D eigenvalue weighted by Crippen LogP contribution is -2.36. The maximum absolute atomic E-state index is 12.0. The standard InChI is InChI=1S/C15H16N2O4/c1-7-5-9(15(21)17(3)4)13(19)10(6-7)16-11-8(2)12(18)14(11)20/h5-6,16,19H,1-4H3. The molecule has 0 heterocycles. The molecule has 0 aliphatic carbocycles. The van der Waals surface area contributed by atoms with Gasteiger partial charge in [0.05, 0.1) is 16.9 Å². The van der Waals surface area contributed by atoms with Crippen LogP contribution in [0.25, 0.3) is 0 Å². The summed E-state index contributed by atoms with van der Waals surface area (Å²) < 4.78 is 0. The van der Waals surface area contributed by atoms with Crippen LogP contribution in [0.2, 0.25) is 0 Å². The second-order valence-corrected chi connectivity index (χ2v) is 5.19. The number of phenolic OH excluding ortho intramolecular Hbond substituents is 1. The fraction of sp³-hybridized carbons (Fsp3) is 0.267. The number of aromatic hydroxyl groups is 1. The van der Waals surface area contributed by atoms with Gasteiger partial charge in [-0.05, 0) is 31.5 Å². The molecule has 2 aromatic carbocycles. The number of amides is 1. The number of aryl methyl sites for hydroxylation is 1. The number of hydrogen-bond donors (Lipinski definition) is 2. The molecule has 110 valence electrons. The Morgan fingerprint density at radius 1 is 1.14 bits per heavy atom. The fourth-order valence-corrected chi connectivity index (χ4v) is 2.07. The highest BCUT2D eigenvalue weighted by Crippen LogP contribution is 2.32. The Balaban J connectivity index is 2.49. The minimum atomic E-state index is -0.617. The zero-order valence-electron chi connectivity index (χ0n) is 12.3. The van der Waals surface area contributed by atoms with Gasteiger partial charge in [-0.1, -0.05) is 0 Å². The quantitative estimate of drug-likeness (QED) is 0.651. The first-order valence-electron chi connectivity index (χ1n) is 6.36. The molecule has 0 saturated carbocycles. The molecule has 0 bridgehead atoms. The van der Waals surface area contributed by atoms with E-state index in [9.17, 15) is 19.5 Å². The van der Waals surface area contributed by atoms with Crippen LogP contribution in [0.1, 0.15) is 21.5 Å². The Kier molecular flexibility index (Phi) is 3.55. The number of benzene rings is 1. The number of hydrogen-bond acceptors (Lipinski definition) is 5. The van der Waals surface area contributed by atoms with Crippen LogP contribution >= 0.6 is 0 Å². The van der Waals surface area contributed by atoms with Gasteiger partial charge in [-0.15, -0.1) is 0 Å². The molecule has 0 saturated heterocycles. The summed E-state index contributed by atoms with van der Waals surface area (Å²) in [6.45, 7) is 3.30. The molecule has 0 unspecified atom stereocenters. The highest BCUT2D eigenvalue weighted by Gasteiger charge is 2.21. The van der Waals surface area contributed by atoms with Crippen LogP contribution in [0.5, 0.6) is 5.75 Å². The van der Waals surface area contributed by atoms with Gasteiger partial charge in [0.15, 0.2) is 5.75 Å². The van der Waals surface area contributed by atoms with E-state index in [1.165, 1.54) is 11.8 Å². The molecule has 1 amide bonds. The Bertz CT molecular complexity index is 799. The molecule has 6 nitrogen and oxygen atoms in total. The Hall–Kier alpha value is -2.63. The average Bonchev–Trinajstić information content (AvgIpc) is 2.45. The third-order valence-corrected chi connectivity index (χ3v) is 3.30. The third-order valence-electron chi connectivity index (χ3n) is 3.30. The normalized spacial score (nSPS) is 10.7. The van der Waals surface area contributed by atoms with Crippen LogP contribution < -0.4 is 16.2 Å². The molecule has 0 aromatic heterocycles. The number of nitrogens with one attached hydrogen (secondary N) is 1. The lowest BCUT2D eigenvalue weighted by Gasteiger charge is -2.17. The van der Waals surface area contributed by atoms with Crippen molar-refractivity contribution < 1.29 is 9.90 Å². The second kappa shape index (κ2) is 5.05. The monoisotopic (exact) mass is 288 g/mol. The van der Waals surface area contributed by atoms with E-state index >= 15 is 0 Å². The Morgan fingerprint density at radius 2 is 1.76 bits per heavy atom. The van der Waals surface area contributed by atoms with E-state index in [1.54, 1.807) is 33.2 Å². The van der Waals surface area contributed by atoms with Gasteiger partial charge in [-0.25, -0.2) is 0 Å². The fourth-order valence-electron chi connectivity index (χ4n) is 2.07. The molecule has 2 N–H and O–H groups in total. The van der Waals surface area contributed by atoms with Crippen molar-refractivity contribution in [1.82, 2.24) is 4.90 Å². The van der Waals surface area contributed by atoms with Crippen molar-refractivity contribution in [2.24, 2.45) is 0 Å². The number of carbonyl (C=O) groups is 1. The molecule has 21 heavy (non-hydrogen) atoms. The summed E-state index contributed by atoms with van der Waals surface area (Å²) in [5, 5.41) is 13.0. The van der Waals surface area contributed by atoms with E-state index in [1.807, 2.05) is 0 Å². The molecule has 2 rings (SSSR count). The van der Waals surface area contributed by atoms with Crippen LogP contribution in [0, 0.1) is 13.8 Å². The number of anilines is 2. The Labute approximate surface area is 121 Å². The van der Waals surface area contributed by atoms with Gasteiger partial charge < -0.3 is 15.3 Å². The maximum Gasteiger partial charge on any atom is 0.257 e. The van der Waals surface area contributed by atoms with Crippen molar-refractivity contribution in [3.05, 3.63) is 49.3 Å². The van der Waals surface area contributed by atoms with Gasteiger partial charge in [0.2, 0.25) is 10.9 Å². The summed E-state index contributed by atoms with van der Waals surface area (Å²) in [5.41, 5.74) is 0.444. The molecule has 0 atom stereocenters. The van der Waals surface area contributed by atoms with Crippen molar-refractivity contribution in [1.29, 1.82) is 0 Å². The van der Waals surface area contributed by atoms with Gasteiger partial charge in [-0.3, -0.25) is 14.4 Å². The van der Waals surface area contributed by atoms with Crippen LogP contribution in [-0.4, -0.2) is 30.0 Å². The van der Waals surface area contributed by atoms with E-state index in [0.717, 1.165) is 5.56 Å². The second-order valence-electron chi connectivity index (χ2n) is 5.19. The topological polar surface area (TPSA) is 86.7 Å². The van der Waals surface area contributed by atoms with Crippen LogP contribution in [0.4, 0.5) is 11.4 Å². The lowest BCUT2D eigenvalue weighted by molar-refractivity contribution is 0.0824. The number of phenols is 1. The molecular formula is C15H16N2O4. The lowest BCUT2D eigenvalue weighted by atomic mass is 10.1. The van der Waals surface area contributed by atoms with E-state index in [0.29, 0.717) is 5.56 Å². The first kappa shape index (κ1) is 14.8. The molecule has 0 aliphatic heterocycles. The first-order valence-corrected chi connectivity index (χ1v) is 6.36.